The molecule has 0 saturated carbocycles. The van der Waals surface area contributed by atoms with Gasteiger partial charge in [0.25, 0.3) is 0 Å². The van der Waals surface area contributed by atoms with Crippen LogP contribution in [0.3, 0.4) is 0 Å². The standard InChI is InChI=1S/C10H12O3.C7H8O.C4H8O2.C3H8O.C2H6O/c1-2-12-10(11)13-8-9-6-4-3-5-7-9;8-6-7-4-2-1-3-5-7;1-3-6-4(2)5;1-3(2)4;1-2-3/h3-7H,2,8H2,1H3;1-5,8H,6H2;3H2,1-2H3;3-4H,1-2H3;3H,2H2,1H3. The SMILES string of the molecule is CC(C)O.CCO.CCOC(=O)OCc1ccccc1.CCOC(C)=O.OCc1ccccc1. The van der Waals surface area contributed by atoms with Crippen molar-refractivity contribution in [2.24, 2.45) is 0 Å². The van der Waals surface area contributed by atoms with E-state index in [0.717, 1.165) is 11.1 Å². The normalized spacial score (nSPS) is 8.65. The highest BCUT2D eigenvalue weighted by Gasteiger charge is 2.01. The molecule has 0 bridgehead atoms. The average molecular weight is 483 g/mol. The quantitative estimate of drug-likeness (QED) is 0.533. The Morgan fingerprint density at radius 1 is 0.765 bits per heavy atom. The zero-order chi connectivity index (χ0) is 26.6. The molecule has 0 aliphatic rings. The maximum Gasteiger partial charge on any atom is 0.508 e. The Labute approximate surface area is 204 Å². The fourth-order valence-electron chi connectivity index (χ4n) is 1.66. The molecule has 0 amide bonds. The fraction of sp³-hybridized carbons (Fsp3) is 0.462. The Hall–Kier alpha value is -2.94. The molecular weight excluding hydrogens is 440 g/mol. The van der Waals surface area contributed by atoms with Gasteiger partial charge in [0.2, 0.25) is 0 Å². The van der Waals surface area contributed by atoms with Crippen molar-refractivity contribution in [3.63, 3.8) is 0 Å². The molecule has 0 fully saturated rings. The topological polar surface area (TPSA) is 123 Å². The van der Waals surface area contributed by atoms with Gasteiger partial charge in [-0.25, -0.2) is 4.79 Å². The molecule has 8 heteroatoms. The van der Waals surface area contributed by atoms with Gasteiger partial charge in [0.1, 0.15) is 6.61 Å². The maximum absolute atomic E-state index is 10.8. The first kappa shape index (κ1) is 35.6. The van der Waals surface area contributed by atoms with E-state index in [0.29, 0.717) is 13.2 Å². The van der Waals surface area contributed by atoms with Gasteiger partial charge in [0.05, 0.1) is 19.8 Å². The summed E-state index contributed by atoms with van der Waals surface area (Å²) in [5.74, 6) is -0.211. The molecule has 2 aromatic rings. The predicted molar refractivity (Wildman–Crippen MR) is 133 cm³/mol. The summed E-state index contributed by atoms with van der Waals surface area (Å²) in [6.45, 7) is 11.5. The van der Waals surface area contributed by atoms with Crippen LogP contribution in [0.5, 0.6) is 0 Å². The van der Waals surface area contributed by atoms with E-state index >= 15 is 0 Å². The van der Waals surface area contributed by atoms with Crippen LogP contribution in [0.4, 0.5) is 4.79 Å². The van der Waals surface area contributed by atoms with E-state index in [1.165, 1.54) is 6.92 Å². The minimum atomic E-state index is -0.619. The minimum absolute atomic E-state index is 0.140. The summed E-state index contributed by atoms with van der Waals surface area (Å²) in [7, 11) is 0. The largest absolute Gasteiger partial charge is 0.508 e. The lowest BCUT2D eigenvalue weighted by molar-refractivity contribution is -0.140. The van der Waals surface area contributed by atoms with E-state index in [1.54, 1.807) is 34.6 Å². The van der Waals surface area contributed by atoms with Crippen molar-refractivity contribution in [3.8, 4) is 0 Å². The molecule has 8 nitrogen and oxygen atoms in total. The molecule has 0 radical (unpaired) electrons. The van der Waals surface area contributed by atoms with Crippen LogP contribution < -0.4 is 0 Å². The number of hydrogen-bond donors (Lipinski definition) is 3. The van der Waals surface area contributed by atoms with Gasteiger partial charge in [0, 0.05) is 19.6 Å². The Bertz CT molecular complexity index is 673. The Morgan fingerprint density at radius 3 is 1.41 bits per heavy atom. The van der Waals surface area contributed by atoms with Crippen LogP contribution in [0.15, 0.2) is 60.7 Å². The van der Waals surface area contributed by atoms with Gasteiger partial charge in [0.15, 0.2) is 0 Å². The molecule has 0 spiro atoms. The van der Waals surface area contributed by atoms with E-state index in [1.807, 2.05) is 60.7 Å². The fourth-order valence-corrected chi connectivity index (χ4v) is 1.66. The second kappa shape index (κ2) is 28.1. The first-order valence-corrected chi connectivity index (χ1v) is 11.1. The van der Waals surface area contributed by atoms with Gasteiger partial charge >= 0.3 is 12.1 Å². The minimum Gasteiger partial charge on any atom is -0.466 e. The Kier molecular flexibility index (Phi) is 29.5. The number of hydrogen-bond acceptors (Lipinski definition) is 8. The third-order valence-electron chi connectivity index (χ3n) is 2.83. The van der Waals surface area contributed by atoms with Crippen LogP contribution in [-0.2, 0) is 32.2 Å². The van der Waals surface area contributed by atoms with Crippen LogP contribution in [0.1, 0.15) is 52.7 Å². The lowest BCUT2D eigenvalue weighted by Crippen LogP contribution is -2.06. The molecule has 194 valence electrons. The summed E-state index contributed by atoms with van der Waals surface area (Å²) in [5.41, 5.74) is 1.92. The van der Waals surface area contributed by atoms with E-state index in [-0.39, 0.29) is 31.9 Å². The van der Waals surface area contributed by atoms with Gasteiger partial charge in [-0.3, -0.25) is 4.79 Å². The van der Waals surface area contributed by atoms with E-state index in [4.69, 9.17) is 20.1 Å². The molecule has 34 heavy (non-hydrogen) atoms. The molecule has 0 unspecified atom stereocenters. The smallest absolute Gasteiger partial charge is 0.466 e. The highest BCUT2D eigenvalue weighted by atomic mass is 16.7. The van der Waals surface area contributed by atoms with Gasteiger partial charge in [-0.1, -0.05) is 60.7 Å². The van der Waals surface area contributed by atoms with Crippen LogP contribution in [0.2, 0.25) is 0 Å². The number of benzene rings is 2. The first-order chi connectivity index (χ1) is 16.2. The van der Waals surface area contributed by atoms with E-state index < -0.39 is 6.16 Å². The number of carbonyl (C=O) groups is 2. The third kappa shape index (κ3) is 33.7. The van der Waals surface area contributed by atoms with Crippen LogP contribution in [-0.4, -0.2) is 53.4 Å². The summed E-state index contributed by atoms with van der Waals surface area (Å²) < 4.78 is 13.8. The van der Waals surface area contributed by atoms with E-state index in [9.17, 15) is 9.59 Å². The predicted octanol–water partition coefficient (Wildman–Crippen LogP) is 4.49. The number of esters is 1. The molecule has 2 aromatic carbocycles. The highest BCUT2D eigenvalue weighted by molar-refractivity contribution is 5.65. The average Bonchev–Trinajstić information content (AvgIpc) is 2.80. The molecule has 0 heterocycles. The second-order valence-corrected chi connectivity index (χ2v) is 6.44. The van der Waals surface area contributed by atoms with Gasteiger partial charge in [-0.15, -0.1) is 0 Å². The van der Waals surface area contributed by atoms with Crippen LogP contribution in [0.25, 0.3) is 0 Å². The number of carbonyl (C=O) groups excluding carboxylic acids is 2. The summed E-state index contributed by atoms with van der Waals surface area (Å²) >= 11 is 0. The number of ether oxygens (including phenoxy) is 3. The van der Waals surface area contributed by atoms with Crippen molar-refractivity contribution >= 4 is 12.1 Å². The molecule has 0 atom stereocenters. The van der Waals surface area contributed by atoms with Crippen molar-refractivity contribution in [1.82, 2.24) is 0 Å². The summed E-state index contributed by atoms with van der Waals surface area (Å²) in [5, 5.41) is 24.2. The van der Waals surface area contributed by atoms with Crippen LogP contribution in [0, 0.1) is 0 Å². The van der Waals surface area contributed by atoms with Crippen molar-refractivity contribution in [2.75, 3.05) is 19.8 Å². The summed E-state index contributed by atoms with van der Waals surface area (Å²) in [6.07, 6.45) is -0.786. The number of aliphatic hydroxyl groups excluding tert-OH is 3. The molecule has 3 N–H and O–H groups in total. The van der Waals surface area contributed by atoms with Gasteiger partial charge in [-0.05, 0) is 45.7 Å². The lowest BCUT2D eigenvalue weighted by Gasteiger charge is -2.03. The zero-order valence-electron chi connectivity index (χ0n) is 21.3. The van der Waals surface area contributed by atoms with Crippen molar-refractivity contribution in [3.05, 3.63) is 71.8 Å². The van der Waals surface area contributed by atoms with Gasteiger partial charge < -0.3 is 29.5 Å². The highest BCUT2D eigenvalue weighted by Crippen LogP contribution is 2.01. The number of aliphatic hydroxyl groups is 3. The van der Waals surface area contributed by atoms with E-state index in [2.05, 4.69) is 9.47 Å². The molecular formula is C26H42O8. The molecule has 0 aliphatic heterocycles. The first-order valence-electron chi connectivity index (χ1n) is 11.1. The maximum atomic E-state index is 10.8. The molecule has 0 aromatic heterocycles. The number of rotatable bonds is 5. The van der Waals surface area contributed by atoms with Crippen LogP contribution >= 0.6 is 0 Å². The summed E-state index contributed by atoms with van der Waals surface area (Å²) in [4.78, 5) is 20.6. The van der Waals surface area contributed by atoms with Crippen molar-refractivity contribution < 1.29 is 39.1 Å². The molecule has 2 rings (SSSR count). The third-order valence-corrected chi connectivity index (χ3v) is 2.83. The Morgan fingerprint density at radius 2 is 1.15 bits per heavy atom. The second-order valence-electron chi connectivity index (χ2n) is 6.44. The molecule has 0 aliphatic carbocycles. The molecule has 0 saturated heterocycles. The summed E-state index contributed by atoms with van der Waals surface area (Å²) in [6, 6.07) is 19.0. The van der Waals surface area contributed by atoms with Crippen molar-refractivity contribution in [2.45, 2.75) is 60.9 Å². The van der Waals surface area contributed by atoms with Gasteiger partial charge in [-0.2, -0.15) is 0 Å². The lowest BCUT2D eigenvalue weighted by atomic mass is 10.2. The Balaban J connectivity index is -0.000000394. The monoisotopic (exact) mass is 482 g/mol. The zero-order valence-corrected chi connectivity index (χ0v) is 21.3. The van der Waals surface area contributed by atoms with Crippen molar-refractivity contribution in [1.29, 1.82) is 0 Å².